The van der Waals surface area contributed by atoms with Crippen molar-refractivity contribution in [1.29, 1.82) is 0 Å². The second-order valence-electron chi connectivity index (χ2n) is 5.06. The number of hydrogen-bond donors (Lipinski definition) is 2. The molecule has 1 fully saturated rings. The third-order valence-corrected chi connectivity index (χ3v) is 4.05. The topological polar surface area (TPSA) is 56.5 Å². The fraction of sp³-hybridized carbons (Fsp3) is 0.571. The lowest BCUT2D eigenvalue weighted by Gasteiger charge is -2.42. The number of hydrogen-bond acceptors (Lipinski definition) is 4. The maximum atomic E-state index is 13.7. The van der Waals surface area contributed by atoms with Gasteiger partial charge in [0, 0.05) is 13.2 Å². The summed E-state index contributed by atoms with van der Waals surface area (Å²) in [7, 11) is 3.17. The predicted octanol–water partition coefficient (Wildman–Crippen LogP) is 2.30. The molecule has 4 nitrogen and oxygen atoms in total. The number of benzene rings is 1. The van der Waals surface area contributed by atoms with Crippen LogP contribution in [-0.4, -0.2) is 19.8 Å². The first-order chi connectivity index (χ1) is 9.14. The first-order valence-corrected chi connectivity index (χ1v) is 6.49. The summed E-state index contributed by atoms with van der Waals surface area (Å²) < 4.78 is 24.2. The Morgan fingerprint density at radius 3 is 2.58 bits per heavy atom. The number of ether oxygens (including phenoxy) is 2. The Hall–Kier alpha value is -1.17. The van der Waals surface area contributed by atoms with Crippen molar-refractivity contribution >= 4 is 0 Å². The van der Waals surface area contributed by atoms with E-state index in [0.29, 0.717) is 0 Å². The van der Waals surface area contributed by atoms with E-state index in [-0.39, 0.29) is 23.2 Å². The zero-order chi connectivity index (χ0) is 13.9. The molecule has 0 aromatic heterocycles. The molecule has 1 atom stereocenters. The van der Waals surface area contributed by atoms with Crippen LogP contribution in [0.5, 0.6) is 5.75 Å². The van der Waals surface area contributed by atoms with Gasteiger partial charge in [0.1, 0.15) is 0 Å². The standard InChI is InChI=1S/C14H21FN2O2/c1-18-13-5-4-10(8-11(13)15)12(17-16)9-14(19-2)6-3-7-14/h4-5,8,12,17H,3,6-7,9,16H2,1-2H3. The van der Waals surface area contributed by atoms with Crippen molar-refractivity contribution in [2.75, 3.05) is 14.2 Å². The molecule has 1 aliphatic carbocycles. The number of halogens is 1. The minimum atomic E-state index is -0.375. The average molecular weight is 268 g/mol. The first-order valence-electron chi connectivity index (χ1n) is 6.49. The quantitative estimate of drug-likeness (QED) is 0.614. The zero-order valence-electron chi connectivity index (χ0n) is 11.4. The van der Waals surface area contributed by atoms with E-state index in [1.54, 1.807) is 13.2 Å². The van der Waals surface area contributed by atoms with Crippen molar-refractivity contribution in [3.05, 3.63) is 29.6 Å². The van der Waals surface area contributed by atoms with Crippen molar-refractivity contribution in [2.24, 2.45) is 5.84 Å². The molecule has 0 saturated heterocycles. The predicted molar refractivity (Wildman–Crippen MR) is 71.2 cm³/mol. The minimum absolute atomic E-state index is 0.118. The molecule has 0 aliphatic heterocycles. The SMILES string of the molecule is COc1ccc(C(CC2(OC)CCC2)NN)cc1F. The number of nitrogens with two attached hydrogens (primary N) is 1. The Bertz CT molecular complexity index is 430. The second kappa shape index (κ2) is 5.86. The van der Waals surface area contributed by atoms with E-state index >= 15 is 0 Å². The van der Waals surface area contributed by atoms with Gasteiger partial charge in [-0.25, -0.2) is 4.39 Å². The summed E-state index contributed by atoms with van der Waals surface area (Å²) in [4.78, 5) is 0. The molecular weight excluding hydrogens is 247 g/mol. The Balaban J connectivity index is 2.15. The van der Waals surface area contributed by atoms with Crippen LogP contribution < -0.4 is 16.0 Å². The summed E-state index contributed by atoms with van der Waals surface area (Å²) in [6, 6.07) is 4.79. The van der Waals surface area contributed by atoms with Gasteiger partial charge < -0.3 is 9.47 Å². The van der Waals surface area contributed by atoms with Gasteiger partial charge in [-0.15, -0.1) is 0 Å². The Morgan fingerprint density at radius 2 is 2.16 bits per heavy atom. The van der Waals surface area contributed by atoms with Crippen LogP contribution in [0.1, 0.15) is 37.3 Å². The second-order valence-corrected chi connectivity index (χ2v) is 5.06. The molecule has 0 bridgehead atoms. The lowest BCUT2D eigenvalue weighted by molar-refractivity contribution is -0.0838. The number of methoxy groups -OCH3 is 2. The van der Waals surface area contributed by atoms with Crippen molar-refractivity contribution in [3.8, 4) is 5.75 Å². The van der Waals surface area contributed by atoms with Crippen molar-refractivity contribution < 1.29 is 13.9 Å². The number of nitrogens with one attached hydrogen (secondary N) is 1. The van der Waals surface area contributed by atoms with Gasteiger partial charge in [-0.1, -0.05) is 6.07 Å². The van der Waals surface area contributed by atoms with Crippen LogP contribution >= 0.6 is 0 Å². The molecule has 3 N–H and O–H groups in total. The molecule has 1 aliphatic rings. The fourth-order valence-corrected chi connectivity index (χ4v) is 2.61. The largest absolute Gasteiger partial charge is 0.494 e. The van der Waals surface area contributed by atoms with Crippen LogP contribution in [0, 0.1) is 5.82 Å². The van der Waals surface area contributed by atoms with E-state index < -0.39 is 0 Å². The van der Waals surface area contributed by atoms with Gasteiger partial charge >= 0.3 is 0 Å². The molecule has 1 saturated carbocycles. The minimum Gasteiger partial charge on any atom is -0.494 e. The van der Waals surface area contributed by atoms with E-state index in [2.05, 4.69) is 5.43 Å². The van der Waals surface area contributed by atoms with E-state index in [1.807, 2.05) is 6.07 Å². The highest BCUT2D eigenvalue weighted by Crippen LogP contribution is 2.41. The normalized spacial score (nSPS) is 18.7. The Morgan fingerprint density at radius 1 is 1.42 bits per heavy atom. The molecule has 0 radical (unpaired) electrons. The van der Waals surface area contributed by atoms with Gasteiger partial charge in [0.15, 0.2) is 11.6 Å². The van der Waals surface area contributed by atoms with Crippen LogP contribution in [0.4, 0.5) is 4.39 Å². The Labute approximate surface area is 113 Å². The number of rotatable bonds is 6. The van der Waals surface area contributed by atoms with Gasteiger partial charge in [0.05, 0.1) is 12.7 Å². The highest BCUT2D eigenvalue weighted by atomic mass is 19.1. The molecule has 0 heterocycles. The molecule has 19 heavy (non-hydrogen) atoms. The highest BCUT2D eigenvalue weighted by molar-refractivity contribution is 5.31. The van der Waals surface area contributed by atoms with Crippen LogP contribution in [0.25, 0.3) is 0 Å². The lowest BCUT2D eigenvalue weighted by Crippen LogP contribution is -2.44. The van der Waals surface area contributed by atoms with Gasteiger partial charge in [-0.2, -0.15) is 0 Å². The third-order valence-electron chi connectivity index (χ3n) is 4.05. The smallest absolute Gasteiger partial charge is 0.165 e. The van der Waals surface area contributed by atoms with Crippen LogP contribution in [0.3, 0.4) is 0 Å². The zero-order valence-corrected chi connectivity index (χ0v) is 11.4. The van der Waals surface area contributed by atoms with Crippen LogP contribution in [0.2, 0.25) is 0 Å². The molecule has 0 spiro atoms. The molecule has 1 aromatic rings. The monoisotopic (exact) mass is 268 g/mol. The summed E-state index contributed by atoms with van der Waals surface area (Å²) in [5.74, 6) is 5.47. The van der Waals surface area contributed by atoms with E-state index in [0.717, 1.165) is 24.8 Å². The summed E-state index contributed by atoms with van der Waals surface area (Å²) in [5, 5.41) is 0. The molecular formula is C14H21FN2O2. The molecule has 1 unspecified atom stereocenters. The van der Waals surface area contributed by atoms with Crippen molar-refractivity contribution in [1.82, 2.24) is 5.43 Å². The summed E-state index contributed by atoms with van der Waals surface area (Å²) in [6.07, 6.45) is 3.97. The molecule has 106 valence electrons. The van der Waals surface area contributed by atoms with E-state index in [9.17, 15) is 4.39 Å². The Kier molecular flexibility index (Phi) is 4.39. The first kappa shape index (κ1) is 14.2. The van der Waals surface area contributed by atoms with Gasteiger partial charge in [0.2, 0.25) is 0 Å². The summed E-state index contributed by atoms with van der Waals surface area (Å²) >= 11 is 0. The summed E-state index contributed by atoms with van der Waals surface area (Å²) in [6.45, 7) is 0. The van der Waals surface area contributed by atoms with Crippen molar-refractivity contribution in [2.45, 2.75) is 37.3 Å². The average Bonchev–Trinajstić information content (AvgIpc) is 2.38. The third kappa shape index (κ3) is 2.88. The van der Waals surface area contributed by atoms with Gasteiger partial charge in [-0.3, -0.25) is 11.3 Å². The van der Waals surface area contributed by atoms with Gasteiger partial charge in [0.25, 0.3) is 0 Å². The lowest BCUT2D eigenvalue weighted by atomic mass is 9.75. The van der Waals surface area contributed by atoms with Crippen LogP contribution in [-0.2, 0) is 4.74 Å². The van der Waals surface area contributed by atoms with Crippen LogP contribution in [0.15, 0.2) is 18.2 Å². The molecule has 0 amide bonds. The summed E-state index contributed by atoms with van der Waals surface area (Å²) in [5.41, 5.74) is 3.45. The van der Waals surface area contributed by atoms with E-state index in [4.69, 9.17) is 15.3 Å². The highest BCUT2D eigenvalue weighted by Gasteiger charge is 2.39. The van der Waals surface area contributed by atoms with E-state index in [1.165, 1.54) is 19.6 Å². The fourth-order valence-electron chi connectivity index (χ4n) is 2.61. The van der Waals surface area contributed by atoms with Crippen molar-refractivity contribution in [3.63, 3.8) is 0 Å². The van der Waals surface area contributed by atoms with Gasteiger partial charge in [-0.05, 0) is 43.4 Å². The molecule has 5 heteroatoms. The molecule has 2 rings (SSSR count). The molecule has 1 aromatic carbocycles. The maximum absolute atomic E-state index is 13.7. The number of hydrazine groups is 1. The maximum Gasteiger partial charge on any atom is 0.165 e.